The van der Waals surface area contributed by atoms with Gasteiger partial charge in [0.2, 0.25) is 0 Å². The molecule has 0 saturated carbocycles. The second kappa shape index (κ2) is 6.48. The van der Waals surface area contributed by atoms with Crippen LogP contribution >= 0.6 is 12.2 Å². The molecule has 1 rings (SSSR count). The highest BCUT2D eigenvalue weighted by Gasteiger charge is 2.05. The highest BCUT2D eigenvalue weighted by Crippen LogP contribution is 2.10. The molecule has 2 nitrogen and oxygen atoms in total. The summed E-state index contributed by atoms with van der Waals surface area (Å²) in [7, 11) is 0. The first-order valence-corrected chi connectivity index (χ1v) is 6.09. The van der Waals surface area contributed by atoms with E-state index in [0.717, 1.165) is 11.7 Å². The molecule has 16 heavy (non-hydrogen) atoms. The maximum Gasteiger partial charge on any atom is 0.166 e. The van der Waals surface area contributed by atoms with E-state index in [1.165, 1.54) is 5.56 Å². The third-order valence-corrected chi connectivity index (χ3v) is 2.58. The van der Waals surface area contributed by atoms with Crippen molar-refractivity contribution >= 4 is 17.3 Å². The van der Waals surface area contributed by atoms with Crippen LogP contribution in [0.5, 0.6) is 0 Å². The van der Waals surface area contributed by atoms with Crippen molar-refractivity contribution in [3.05, 3.63) is 35.9 Å². The van der Waals surface area contributed by atoms with Crippen molar-refractivity contribution in [1.29, 1.82) is 0 Å². The smallest absolute Gasteiger partial charge is 0.166 e. The molecule has 0 aliphatic heterocycles. The zero-order valence-corrected chi connectivity index (χ0v) is 11.0. The van der Waals surface area contributed by atoms with Crippen molar-refractivity contribution in [2.75, 3.05) is 6.54 Å². The number of thiocarbonyl (C=S) groups is 1. The first kappa shape index (κ1) is 13.0. The molecule has 0 bridgehead atoms. The Morgan fingerprint density at radius 3 is 2.38 bits per heavy atom. The van der Waals surface area contributed by atoms with E-state index in [1.54, 1.807) is 0 Å². The minimum Gasteiger partial charge on any atom is -0.362 e. The van der Waals surface area contributed by atoms with Gasteiger partial charge < -0.3 is 10.6 Å². The summed E-state index contributed by atoms with van der Waals surface area (Å²) in [5.74, 6) is 0.604. The SMILES string of the molecule is CC(C)CNC(=S)NC(C)c1ccccc1. The Morgan fingerprint density at radius 2 is 1.81 bits per heavy atom. The molecule has 0 aliphatic carbocycles. The van der Waals surface area contributed by atoms with Crippen molar-refractivity contribution in [2.24, 2.45) is 5.92 Å². The Balaban J connectivity index is 2.40. The Morgan fingerprint density at radius 1 is 1.19 bits per heavy atom. The van der Waals surface area contributed by atoms with Crippen molar-refractivity contribution < 1.29 is 0 Å². The van der Waals surface area contributed by atoms with E-state index in [1.807, 2.05) is 18.2 Å². The maximum absolute atomic E-state index is 5.23. The summed E-state index contributed by atoms with van der Waals surface area (Å²) in [6.45, 7) is 7.35. The van der Waals surface area contributed by atoms with Gasteiger partial charge in [0, 0.05) is 6.54 Å². The van der Waals surface area contributed by atoms with Gasteiger partial charge in [0.15, 0.2) is 5.11 Å². The van der Waals surface area contributed by atoms with Gasteiger partial charge >= 0.3 is 0 Å². The number of nitrogens with one attached hydrogen (secondary N) is 2. The molecule has 0 amide bonds. The average Bonchev–Trinajstić information content (AvgIpc) is 2.27. The quantitative estimate of drug-likeness (QED) is 0.786. The van der Waals surface area contributed by atoms with Crippen LogP contribution in [-0.2, 0) is 0 Å². The summed E-state index contributed by atoms with van der Waals surface area (Å²) in [5.41, 5.74) is 1.25. The molecule has 0 spiro atoms. The van der Waals surface area contributed by atoms with Gasteiger partial charge in [0.1, 0.15) is 0 Å². The highest BCUT2D eigenvalue weighted by atomic mass is 32.1. The fourth-order valence-electron chi connectivity index (χ4n) is 1.37. The monoisotopic (exact) mass is 236 g/mol. The van der Waals surface area contributed by atoms with Crippen LogP contribution in [0.2, 0.25) is 0 Å². The number of benzene rings is 1. The minimum absolute atomic E-state index is 0.244. The molecule has 0 radical (unpaired) electrons. The van der Waals surface area contributed by atoms with Crippen molar-refractivity contribution in [2.45, 2.75) is 26.8 Å². The van der Waals surface area contributed by atoms with E-state index in [0.29, 0.717) is 5.92 Å². The van der Waals surface area contributed by atoms with Crippen molar-refractivity contribution in [3.63, 3.8) is 0 Å². The van der Waals surface area contributed by atoms with E-state index in [2.05, 4.69) is 43.5 Å². The van der Waals surface area contributed by atoms with Gasteiger partial charge in [0.25, 0.3) is 0 Å². The molecule has 0 heterocycles. The molecule has 1 aromatic carbocycles. The van der Waals surface area contributed by atoms with E-state index >= 15 is 0 Å². The van der Waals surface area contributed by atoms with Gasteiger partial charge in [-0.05, 0) is 30.6 Å². The lowest BCUT2D eigenvalue weighted by Crippen LogP contribution is -2.38. The largest absolute Gasteiger partial charge is 0.362 e. The molecular weight excluding hydrogens is 216 g/mol. The first-order chi connectivity index (χ1) is 7.59. The number of hydrogen-bond acceptors (Lipinski definition) is 1. The summed E-state index contributed by atoms with van der Waals surface area (Å²) in [6, 6.07) is 10.5. The summed E-state index contributed by atoms with van der Waals surface area (Å²) >= 11 is 5.23. The summed E-state index contributed by atoms with van der Waals surface area (Å²) in [4.78, 5) is 0. The molecule has 0 aromatic heterocycles. The summed E-state index contributed by atoms with van der Waals surface area (Å²) < 4.78 is 0. The van der Waals surface area contributed by atoms with Gasteiger partial charge in [-0.15, -0.1) is 0 Å². The second-order valence-corrected chi connectivity index (χ2v) is 4.79. The third-order valence-electron chi connectivity index (χ3n) is 2.32. The maximum atomic E-state index is 5.23. The highest BCUT2D eigenvalue weighted by molar-refractivity contribution is 7.80. The predicted molar refractivity (Wildman–Crippen MR) is 73.4 cm³/mol. The van der Waals surface area contributed by atoms with Gasteiger partial charge in [0.05, 0.1) is 6.04 Å². The molecule has 3 heteroatoms. The van der Waals surface area contributed by atoms with Crippen molar-refractivity contribution in [3.8, 4) is 0 Å². The molecule has 0 fully saturated rings. The standard InChI is InChI=1S/C13H20N2S/c1-10(2)9-14-13(16)15-11(3)12-7-5-4-6-8-12/h4-8,10-11H,9H2,1-3H3,(H2,14,15,16). The normalized spacial score (nSPS) is 12.2. The number of rotatable bonds is 4. The molecule has 0 saturated heterocycles. The van der Waals surface area contributed by atoms with Crippen LogP contribution in [0.1, 0.15) is 32.4 Å². The lowest BCUT2D eigenvalue weighted by atomic mass is 10.1. The van der Waals surface area contributed by atoms with Crippen LogP contribution in [0.15, 0.2) is 30.3 Å². The molecule has 1 atom stereocenters. The third kappa shape index (κ3) is 4.62. The van der Waals surface area contributed by atoms with Crippen LogP contribution in [0.3, 0.4) is 0 Å². The van der Waals surface area contributed by atoms with Crippen LogP contribution in [0.25, 0.3) is 0 Å². The molecule has 2 N–H and O–H groups in total. The predicted octanol–water partition coefficient (Wildman–Crippen LogP) is 2.87. The van der Waals surface area contributed by atoms with Crippen LogP contribution < -0.4 is 10.6 Å². The minimum atomic E-state index is 0.244. The average molecular weight is 236 g/mol. The Kier molecular flexibility index (Phi) is 5.26. The van der Waals surface area contributed by atoms with Gasteiger partial charge in [-0.1, -0.05) is 44.2 Å². The number of hydrogen-bond donors (Lipinski definition) is 2. The van der Waals surface area contributed by atoms with Gasteiger partial charge in [-0.25, -0.2) is 0 Å². The lowest BCUT2D eigenvalue weighted by Gasteiger charge is -2.18. The molecule has 0 aliphatic rings. The Hall–Kier alpha value is -1.09. The van der Waals surface area contributed by atoms with Crippen LogP contribution in [-0.4, -0.2) is 11.7 Å². The lowest BCUT2D eigenvalue weighted by molar-refractivity contribution is 0.609. The first-order valence-electron chi connectivity index (χ1n) is 5.69. The van der Waals surface area contributed by atoms with Crippen LogP contribution in [0.4, 0.5) is 0 Å². The van der Waals surface area contributed by atoms with E-state index in [-0.39, 0.29) is 6.04 Å². The fourth-order valence-corrected chi connectivity index (χ4v) is 1.63. The van der Waals surface area contributed by atoms with E-state index < -0.39 is 0 Å². The van der Waals surface area contributed by atoms with Crippen LogP contribution in [0, 0.1) is 5.92 Å². The second-order valence-electron chi connectivity index (χ2n) is 4.38. The molecule has 1 aromatic rings. The van der Waals surface area contributed by atoms with Crippen molar-refractivity contribution in [1.82, 2.24) is 10.6 Å². The van der Waals surface area contributed by atoms with E-state index in [4.69, 9.17) is 12.2 Å². The fraction of sp³-hybridized carbons (Fsp3) is 0.462. The van der Waals surface area contributed by atoms with Gasteiger partial charge in [-0.3, -0.25) is 0 Å². The zero-order chi connectivity index (χ0) is 12.0. The Labute approximate surface area is 103 Å². The molecule has 1 unspecified atom stereocenters. The van der Waals surface area contributed by atoms with Gasteiger partial charge in [-0.2, -0.15) is 0 Å². The van der Waals surface area contributed by atoms with E-state index in [9.17, 15) is 0 Å². The zero-order valence-electron chi connectivity index (χ0n) is 10.2. The molecular formula is C13H20N2S. The summed E-state index contributed by atoms with van der Waals surface area (Å²) in [6.07, 6.45) is 0. The molecule has 88 valence electrons. The summed E-state index contributed by atoms with van der Waals surface area (Å²) in [5, 5.41) is 7.20. The Bertz CT molecular complexity index is 322. The topological polar surface area (TPSA) is 24.1 Å².